The van der Waals surface area contributed by atoms with E-state index in [4.69, 9.17) is 9.47 Å². The van der Waals surface area contributed by atoms with Crippen molar-refractivity contribution in [3.63, 3.8) is 0 Å². The Balaban J connectivity index is 1.36. The van der Waals surface area contributed by atoms with Crippen LogP contribution in [0.15, 0.2) is 58.9 Å². The first-order chi connectivity index (χ1) is 12.8. The van der Waals surface area contributed by atoms with Crippen LogP contribution in [-0.2, 0) is 9.53 Å². The highest BCUT2D eigenvalue weighted by molar-refractivity contribution is 8.02. The summed E-state index contributed by atoms with van der Waals surface area (Å²) in [5.74, 6) is 1.38. The van der Waals surface area contributed by atoms with Gasteiger partial charge in [0, 0.05) is 12.1 Å². The Morgan fingerprint density at radius 1 is 1.08 bits per heavy atom. The predicted molar refractivity (Wildman–Crippen MR) is 101 cm³/mol. The number of hydrogen-bond acceptors (Lipinski definition) is 8. The van der Waals surface area contributed by atoms with Crippen molar-refractivity contribution in [2.75, 3.05) is 11.9 Å². The average molecular weight is 385 g/mol. The third-order valence-electron chi connectivity index (χ3n) is 3.62. The van der Waals surface area contributed by atoms with Crippen LogP contribution in [-0.4, -0.2) is 28.0 Å². The van der Waals surface area contributed by atoms with Gasteiger partial charge in [0.15, 0.2) is 4.34 Å². The number of anilines is 2. The molecule has 0 spiro atoms. The number of thioether (sulfide) groups is 1. The van der Waals surface area contributed by atoms with Crippen LogP contribution < -0.4 is 10.1 Å². The number of ether oxygens (including phenoxy) is 2. The van der Waals surface area contributed by atoms with Gasteiger partial charge in [-0.1, -0.05) is 41.3 Å². The zero-order valence-corrected chi connectivity index (χ0v) is 15.3. The van der Waals surface area contributed by atoms with Crippen LogP contribution in [0.2, 0.25) is 0 Å². The molecule has 4 rings (SSSR count). The molecule has 8 heteroatoms. The van der Waals surface area contributed by atoms with E-state index < -0.39 is 0 Å². The minimum atomic E-state index is -0.176. The third-order valence-corrected chi connectivity index (χ3v) is 5.79. The van der Waals surface area contributed by atoms with Gasteiger partial charge in [0.2, 0.25) is 5.13 Å². The molecular weight excluding hydrogens is 370 g/mol. The van der Waals surface area contributed by atoms with Crippen molar-refractivity contribution in [3.05, 3.63) is 54.6 Å². The predicted octanol–water partition coefficient (Wildman–Crippen LogP) is 4.48. The third kappa shape index (κ3) is 4.14. The standard InChI is InChI=1S/C18H15N3O3S2/c22-16-15(10-11-23-16)25-18-21-20-17(26-18)19-12-6-8-14(9-7-12)24-13-4-2-1-3-5-13/h1-9,15H,10-11H2,(H,19,20). The average Bonchev–Trinajstić information content (AvgIpc) is 3.27. The molecule has 0 radical (unpaired) electrons. The van der Waals surface area contributed by atoms with Crippen LogP contribution in [0, 0.1) is 0 Å². The van der Waals surface area contributed by atoms with Gasteiger partial charge in [0.05, 0.1) is 6.61 Å². The summed E-state index contributed by atoms with van der Waals surface area (Å²) in [6.07, 6.45) is 0.717. The Morgan fingerprint density at radius 2 is 1.85 bits per heavy atom. The van der Waals surface area contributed by atoms with Gasteiger partial charge in [-0.15, -0.1) is 10.2 Å². The second-order valence-electron chi connectivity index (χ2n) is 5.50. The van der Waals surface area contributed by atoms with Crippen LogP contribution in [0.5, 0.6) is 11.5 Å². The number of cyclic esters (lactones) is 1. The lowest BCUT2D eigenvalue weighted by molar-refractivity contribution is -0.137. The van der Waals surface area contributed by atoms with E-state index in [0.29, 0.717) is 18.2 Å². The Labute approximate surface area is 158 Å². The maximum atomic E-state index is 11.5. The maximum Gasteiger partial charge on any atom is 0.319 e. The van der Waals surface area contributed by atoms with Gasteiger partial charge in [-0.3, -0.25) is 4.79 Å². The number of nitrogens with zero attached hydrogens (tertiary/aromatic N) is 2. The first kappa shape index (κ1) is 16.9. The van der Waals surface area contributed by atoms with Gasteiger partial charge in [0.25, 0.3) is 0 Å². The largest absolute Gasteiger partial charge is 0.465 e. The molecule has 1 atom stereocenters. The Hall–Kier alpha value is -2.58. The minimum Gasteiger partial charge on any atom is -0.465 e. The van der Waals surface area contributed by atoms with Crippen molar-refractivity contribution in [1.82, 2.24) is 10.2 Å². The summed E-state index contributed by atoms with van der Waals surface area (Å²) in [6, 6.07) is 17.2. The number of para-hydroxylation sites is 1. The first-order valence-electron chi connectivity index (χ1n) is 8.03. The molecule has 1 saturated heterocycles. The molecule has 0 amide bonds. The van der Waals surface area contributed by atoms with Gasteiger partial charge in [-0.25, -0.2) is 0 Å². The summed E-state index contributed by atoms with van der Waals surface area (Å²) in [5.41, 5.74) is 0.887. The Morgan fingerprint density at radius 3 is 2.58 bits per heavy atom. The Bertz CT molecular complexity index is 884. The van der Waals surface area contributed by atoms with E-state index in [2.05, 4.69) is 15.5 Å². The van der Waals surface area contributed by atoms with E-state index in [9.17, 15) is 4.79 Å². The fourth-order valence-electron chi connectivity index (χ4n) is 2.37. The maximum absolute atomic E-state index is 11.5. The van der Waals surface area contributed by atoms with Crippen molar-refractivity contribution >= 4 is 39.9 Å². The highest BCUT2D eigenvalue weighted by Crippen LogP contribution is 2.34. The van der Waals surface area contributed by atoms with Gasteiger partial charge in [0.1, 0.15) is 16.7 Å². The molecule has 0 aliphatic carbocycles. The minimum absolute atomic E-state index is 0.172. The smallest absolute Gasteiger partial charge is 0.319 e. The van der Waals surface area contributed by atoms with Gasteiger partial charge in [-0.05, 0) is 36.4 Å². The molecule has 132 valence electrons. The summed E-state index contributed by atoms with van der Waals surface area (Å²) in [7, 11) is 0. The summed E-state index contributed by atoms with van der Waals surface area (Å²) >= 11 is 2.82. The number of carbonyl (C=O) groups excluding carboxylic acids is 1. The van der Waals surface area contributed by atoms with Crippen LogP contribution >= 0.6 is 23.1 Å². The number of benzene rings is 2. The van der Waals surface area contributed by atoms with Gasteiger partial charge >= 0.3 is 5.97 Å². The van der Waals surface area contributed by atoms with Crippen LogP contribution in [0.1, 0.15) is 6.42 Å². The van der Waals surface area contributed by atoms with Crippen LogP contribution in [0.25, 0.3) is 0 Å². The van der Waals surface area contributed by atoms with E-state index in [1.807, 2.05) is 54.6 Å². The molecule has 0 bridgehead atoms. The van der Waals surface area contributed by atoms with Crippen molar-refractivity contribution in [1.29, 1.82) is 0 Å². The van der Waals surface area contributed by atoms with Crippen molar-refractivity contribution < 1.29 is 14.3 Å². The molecule has 3 aromatic rings. The summed E-state index contributed by atoms with van der Waals surface area (Å²) in [4.78, 5) is 11.5. The number of aromatic nitrogens is 2. The molecule has 6 nitrogen and oxygen atoms in total. The second-order valence-corrected chi connectivity index (χ2v) is 7.93. The highest BCUT2D eigenvalue weighted by atomic mass is 32.2. The summed E-state index contributed by atoms with van der Waals surface area (Å²) in [5, 5.41) is 12.0. The molecule has 1 aromatic heterocycles. The summed E-state index contributed by atoms with van der Waals surface area (Å²) < 4.78 is 11.5. The number of carbonyl (C=O) groups is 1. The fraction of sp³-hybridized carbons (Fsp3) is 0.167. The molecule has 1 aliphatic rings. The van der Waals surface area contributed by atoms with Crippen LogP contribution in [0.4, 0.5) is 10.8 Å². The van der Waals surface area contributed by atoms with Gasteiger partial charge in [-0.2, -0.15) is 0 Å². The topological polar surface area (TPSA) is 73.3 Å². The number of nitrogens with one attached hydrogen (secondary N) is 1. The highest BCUT2D eigenvalue weighted by Gasteiger charge is 2.28. The molecule has 26 heavy (non-hydrogen) atoms. The van der Waals surface area contributed by atoms with Crippen LogP contribution in [0.3, 0.4) is 0 Å². The van der Waals surface area contributed by atoms with E-state index >= 15 is 0 Å². The van der Waals surface area contributed by atoms with E-state index in [0.717, 1.165) is 21.5 Å². The lowest BCUT2D eigenvalue weighted by Crippen LogP contribution is -2.08. The number of hydrogen-bond donors (Lipinski definition) is 1. The molecule has 1 fully saturated rings. The molecule has 1 aliphatic heterocycles. The zero-order valence-electron chi connectivity index (χ0n) is 13.6. The molecule has 2 aromatic carbocycles. The lowest BCUT2D eigenvalue weighted by atomic mass is 10.3. The molecule has 0 saturated carbocycles. The van der Waals surface area contributed by atoms with E-state index in [1.165, 1.54) is 23.1 Å². The molecular formula is C18H15N3O3S2. The zero-order chi connectivity index (χ0) is 17.8. The molecule has 1 N–H and O–H groups in total. The van der Waals surface area contributed by atoms with E-state index in [1.54, 1.807) is 0 Å². The van der Waals surface area contributed by atoms with Crippen molar-refractivity contribution in [2.24, 2.45) is 0 Å². The summed E-state index contributed by atoms with van der Waals surface area (Å²) in [6.45, 7) is 0.484. The normalized spacial score (nSPS) is 16.3. The fourth-order valence-corrected chi connectivity index (χ4v) is 4.35. The lowest BCUT2D eigenvalue weighted by Gasteiger charge is -2.07. The SMILES string of the molecule is O=C1OCCC1Sc1nnc(Nc2ccc(Oc3ccccc3)cc2)s1. The first-order valence-corrected chi connectivity index (χ1v) is 9.73. The second kappa shape index (κ2) is 7.76. The Kier molecular flexibility index (Phi) is 5.03. The molecule has 1 unspecified atom stereocenters. The monoisotopic (exact) mass is 385 g/mol. The molecule has 2 heterocycles. The quantitative estimate of drug-likeness (QED) is 0.627. The number of esters is 1. The number of rotatable bonds is 6. The van der Waals surface area contributed by atoms with Crippen molar-refractivity contribution in [2.45, 2.75) is 16.0 Å². The van der Waals surface area contributed by atoms with E-state index in [-0.39, 0.29) is 11.2 Å². The van der Waals surface area contributed by atoms with Crippen molar-refractivity contribution in [3.8, 4) is 11.5 Å². The van der Waals surface area contributed by atoms with Gasteiger partial charge < -0.3 is 14.8 Å².